The first-order chi connectivity index (χ1) is 8.68. The number of nitrogens with zero attached hydrogens (tertiary/aromatic N) is 2. The molecule has 0 unspecified atom stereocenters. The van der Waals surface area contributed by atoms with Crippen molar-refractivity contribution in [3.05, 3.63) is 23.9 Å². The lowest BCUT2D eigenvalue weighted by Gasteiger charge is -2.17. The molecular formula is C13H19N3O2. The molecule has 2 rings (SSSR count). The molecule has 2 heterocycles. The van der Waals surface area contributed by atoms with Crippen molar-refractivity contribution in [2.45, 2.75) is 25.5 Å². The molecule has 1 aliphatic rings. The maximum Gasteiger partial charge on any atom is 0.249 e. The van der Waals surface area contributed by atoms with Crippen molar-refractivity contribution in [3.63, 3.8) is 0 Å². The van der Waals surface area contributed by atoms with E-state index in [1.54, 1.807) is 6.20 Å². The summed E-state index contributed by atoms with van der Waals surface area (Å²) in [5.41, 5.74) is 1.01. The first-order valence-corrected chi connectivity index (χ1v) is 6.19. The van der Waals surface area contributed by atoms with E-state index in [9.17, 15) is 4.79 Å². The number of carbonyl (C=O) groups is 1. The Hall–Kier alpha value is -1.62. The zero-order valence-corrected chi connectivity index (χ0v) is 10.8. The Balaban J connectivity index is 1.95. The standard InChI is InChI=1S/C13H19N3O2/c1-16(2)12-10(5-3-7-14-12)9-15-13(17)11-6-4-8-18-11/h3,5,7,11H,4,6,8-9H2,1-2H3,(H,15,17)/t11-/m0/s1. The van der Waals surface area contributed by atoms with Gasteiger partial charge in [0.25, 0.3) is 0 Å². The third-order valence-corrected chi connectivity index (χ3v) is 2.97. The molecule has 1 N–H and O–H groups in total. The van der Waals surface area contributed by atoms with E-state index in [0.717, 1.165) is 24.2 Å². The lowest BCUT2D eigenvalue weighted by Crippen LogP contribution is -2.34. The molecule has 0 aromatic carbocycles. The van der Waals surface area contributed by atoms with Gasteiger partial charge in [-0.05, 0) is 18.9 Å². The highest BCUT2D eigenvalue weighted by Gasteiger charge is 2.23. The molecule has 1 amide bonds. The summed E-state index contributed by atoms with van der Waals surface area (Å²) in [5.74, 6) is 0.853. The van der Waals surface area contributed by atoms with E-state index in [1.807, 2.05) is 31.1 Å². The Bertz CT molecular complexity index is 414. The first kappa shape index (κ1) is 12.8. The zero-order valence-electron chi connectivity index (χ0n) is 10.8. The van der Waals surface area contributed by atoms with E-state index in [1.165, 1.54) is 0 Å². The van der Waals surface area contributed by atoms with Crippen molar-refractivity contribution < 1.29 is 9.53 Å². The average Bonchev–Trinajstić information content (AvgIpc) is 2.90. The Morgan fingerprint density at radius 3 is 3.11 bits per heavy atom. The minimum absolute atomic E-state index is 0.0268. The highest BCUT2D eigenvalue weighted by Crippen LogP contribution is 2.15. The molecule has 1 fully saturated rings. The minimum atomic E-state index is -0.274. The second-order valence-electron chi connectivity index (χ2n) is 4.60. The third kappa shape index (κ3) is 2.98. The van der Waals surface area contributed by atoms with Crippen molar-refractivity contribution in [1.29, 1.82) is 0 Å². The lowest BCUT2D eigenvalue weighted by molar-refractivity contribution is -0.130. The fraction of sp³-hybridized carbons (Fsp3) is 0.538. The van der Waals surface area contributed by atoms with Gasteiger partial charge < -0.3 is 15.0 Å². The summed E-state index contributed by atoms with van der Waals surface area (Å²) in [4.78, 5) is 18.1. The highest BCUT2D eigenvalue weighted by atomic mass is 16.5. The number of carbonyl (C=O) groups excluding carboxylic acids is 1. The number of ether oxygens (including phenoxy) is 1. The molecule has 1 aromatic heterocycles. The van der Waals surface area contributed by atoms with Gasteiger partial charge in [0.05, 0.1) is 0 Å². The topological polar surface area (TPSA) is 54.5 Å². The Kier molecular flexibility index (Phi) is 4.15. The van der Waals surface area contributed by atoms with Crippen LogP contribution in [-0.4, -0.2) is 37.7 Å². The van der Waals surface area contributed by atoms with Gasteiger partial charge in [-0.25, -0.2) is 4.98 Å². The number of aromatic nitrogens is 1. The van der Waals surface area contributed by atoms with Crippen LogP contribution in [0.5, 0.6) is 0 Å². The normalized spacial score (nSPS) is 18.7. The van der Waals surface area contributed by atoms with Crippen LogP contribution in [0, 0.1) is 0 Å². The van der Waals surface area contributed by atoms with E-state index in [2.05, 4.69) is 10.3 Å². The summed E-state index contributed by atoms with van der Waals surface area (Å²) in [6.07, 6.45) is 3.26. The van der Waals surface area contributed by atoms with Crippen LogP contribution in [0.1, 0.15) is 18.4 Å². The third-order valence-electron chi connectivity index (χ3n) is 2.97. The molecule has 98 valence electrons. The minimum Gasteiger partial charge on any atom is -0.368 e. The van der Waals surface area contributed by atoms with Gasteiger partial charge in [-0.2, -0.15) is 0 Å². The van der Waals surface area contributed by atoms with Gasteiger partial charge in [0, 0.05) is 39.0 Å². The fourth-order valence-electron chi connectivity index (χ4n) is 2.05. The summed E-state index contributed by atoms with van der Waals surface area (Å²) >= 11 is 0. The molecule has 1 aromatic rings. The van der Waals surface area contributed by atoms with Crippen LogP contribution < -0.4 is 10.2 Å². The van der Waals surface area contributed by atoms with Gasteiger partial charge in [-0.3, -0.25) is 4.79 Å². The van der Waals surface area contributed by atoms with Crippen molar-refractivity contribution >= 4 is 11.7 Å². The number of nitrogens with one attached hydrogen (secondary N) is 1. The van der Waals surface area contributed by atoms with Gasteiger partial charge in [0.2, 0.25) is 5.91 Å². The highest BCUT2D eigenvalue weighted by molar-refractivity contribution is 5.81. The van der Waals surface area contributed by atoms with Gasteiger partial charge in [-0.1, -0.05) is 6.07 Å². The maximum atomic E-state index is 11.8. The number of hydrogen-bond donors (Lipinski definition) is 1. The summed E-state index contributed by atoms with van der Waals surface area (Å²) in [7, 11) is 3.88. The first-order valence-electron chi connectivity index (χ1n) is 6.19. The molecule has 5 heteroatoms. The summed E-state index contributed by atoms with van der Waals surface area (Å²) in [6.45, 7) is 1.17. The van der Waals surface area contributed by atoms with E-state index >= 15 is 0 Å². The smallest absolute Gasteiger partial charge is 0.249 e. The maximum absolute atomic E-state index is 11.8. The lowest BCUT2D eigenvalue weighted by atomic mass is 10.2. The van der Waals surface area contributed by atoms with Gasteiger partial charge in [-0.15, -0.1) is 0 Å². The van der Waals surface area contributed by atoms with Crippen LogP contribution in [0.25, 0.3) is 0 Å². The molecule has 1 saturated heterocycles. The van der Waals surface area contributed by atoms with E-state index in [0.29, 0.717) is 13.2 Å². The molecule has 0 bridgehead atoms. The van der Waals surface area contributed by atoms with Crippen LogP contribution >= 0.6 is 0 Å². The summed E-state index contributed by atoms with van der Waals surface area (Å²) in [5, 5.41) is 2.91. The van der Waals surface area contributed by atoms with Crippen molar-refractivity contribution in [2.75, 3.05) is 25.6 Å². The second-order valence-corrected chi connectivity index (χ2v) is 4.60. The van der Waals surface area contributed by atoms with E-state index < -0.39 is 0 Å². The Morgan fingerprint density at radius 1 is 1.61 bits per heavy atom. The fourth-order valence-corrected chi connectivity index (χ4v) is 2.05. The number of anilines is 1. The Morgan fingerprint density at radius 2 is 2.44 bits per heavy atom. The Labute approximate surface area is 107 Å². The number of hydrogen-bond acceptors (Lipinski definition) is 4. The van der Waals surface area contributed by atoms with E-state index in [4.69, 9.17) is 4.74 Å². The molecule has 0 aliphatic carbocycles. The molecule has 0 radical (unpaired) electrons. The van der Waals surface area contributed by atoms with Crippen LogP contribution in [0.4, 0.5) is 5.82 Å². The monoisotopic (exact) mass is 249 g/mol. The van der Waals surface area contributed by atoms with Gasteiger partial charge >= 0.3 is 0 Å². The number of amides is 1. The van der Waals surface area contributed by atoms with Gasteiger partial charge in [0.15, 0.2) is 0 Å². The molecule has 18 heavy (non-hydrogen) atoms. The van der Waals surface area contributed by atoms with Crippen molar-refractivity contribution in [3.8, 4) is 0 Å². The van der Waals surface area contributed by atoms with Crippen LogP contribution in [0.3, 0.4) is 0 Å². The number of rotatable bonds is 4. The van der Waals surface area contributed by atoms with E-state index in [-0.39, 0.29) is 12.0 Å². The quantitative estimate of drug-likeness (QED) is 0.863. The predicted molar refractivity (Wildman–Crippen MR) is 69.4 cm³/mol. The molecule has 5 nitrogen and oxygen atoms in total. The molecule has 0 spiro atoms. The largest absolute Gasteiger partial charge is 0.368 e. The van der Waals surface area contributed by atoms with Crippen LogP contribution in [-0.2, 0) is 16.1 Å². The predicted octanol–water partition coefficient (Wildman–Crippen LogP) is 0.943. The average molecular weight is 249 g/mol. The van der Waals surface area contributed by atoms with Crippen molar-refractivity contribution in [1.82, 2.24) is 10.3 Å². The van der Waals surface area contributed by atoms with Crippen LogP contribution in [0.15, 0.2) is 18.3 Å². The zero-order chi connectivity index (χ0) is 13.0. The summed E-state index contributed by atoms with van der Waals surface area (Å²) in [6, 6.07) is 3.85. The molecule has 1 aliphatic heterocycles. The van der Waals surface area contributed by atoms with Crippen LogP contribution in [0.2, 0.25) is 0 Å². The molecule has 0 saturated carbocycles. The van der Waals surface area contributed by atoms with Gasteiger partial charge in [0.1, 0.15) is 11.9 Å². The van der Waals surface area contributed by atoms with Crippen molar-refractivity contribution in [2.24, 2.45) is 0 Å². The molecule has 1 atom stereocenters. The molecular weight excluding hydrogens is 230 g/mol. The summed E-state index contributed by atoms with van der Waals surface area (Å²) < 4.78 is 5.34. The number of pyridine rings is 1. The second kappa shape index (κ2) is 5.82. The SMILES string of the molecule is CN(C)c1ncccc1CNC(=O)[C@@H]1CCCO1.